The molecule has 5 heteroatoms. The molecule has 2 amide bonds. The fourth-order valence-corrected chi connectivity index (χ4v) is 3.04. The number of carbonyl (C=O) groups is 1. The number of urea groups is 1. The molecule has 2 unspecified atom stereocenters. The summed E-state index contributed by atoms with van der Waals surface area (Å²) in [7, 11) is 0. The van der Waals surface area contributed by atoms with E-state index in [1.54, 1.807) is 0 Å². The molecule has 2 rings (SSSR count). The van der Waals surface area contributed by atoms with Gasteiger partial charge >= 0.3 is 6.03 Å². The molecule has 0 aliphatic carbocycles. The van der Waals surface area contributed by atoms with Gasteiger partial charge in [0.15, 0.2) is 0 Å². The Kier molecular flexibility index (Phi) is 6.31. The normalized spacial score (nSPS) is 20.5. The van der Waals surface area contributed by atoms with Crippen molar-refractivity contribution in [1.82, 2.24) is 10.2 Å². The molecule has 0 spiro atoms. The largest absolute Gasteiger partial charge is 0.464 e. The summed E-state index contributed by atoms with van der Waals surface area (Å²) >= 11 is 0. The van der Waals surface area contributed by atoms with Crippen molar-refractivity contribution in [3.63, 3.8) is 0 Å². The summed E-state index contributed by atoms with van der Waals surface area (Å²) in [6.07, 6.45) is 5.76. The van der Waals surface area contributed by atoms with Crippen LogP contribution in [-0.2, 0) is 0 Å². The van der Waals surface area contributed by atoms with Crippen LogP contribution in [0.15, 0.2) is 16.5 Å². The van der Waals surface area contributed by atoms with Gasteiger partial charge in [-0.05, 0) is 51.7 Å². The van der Waals surface area contributed by atoms with Gasteiger partial charge in [0.25, 0.3) is 0 Å². The molecule has 2 N–H and O–H groups in total. The SMILES string of the molecule is Cc1ccc(C2CCCCCN2C(=O)NC(C)CCCO)o1. The maximum atomic E-state index is 12.6. The number of rotatable bonds is 5. The third-order valence-corrected chi connectivity index (χ3v) is 4.27. The van der Waals surface area contributed by atoms with E-state index in [0.29, 0.717) is 6.42 Å². The smallest absolute Gasteiger partial charge is 0.318 e. The molecule has 1 aliphatic heterocycles. The molecule has 22 heavy (non-hydrogen) atoms. The summed E-state index contributed by atoms with van der Waals surface area (Å²) in [6.45, 7) is 4.85. The number of furan rings is 1. The Bertz CT molecular complexity index is 472. The van der Waals surface area contributed by atoms with Crippen LogP contribution in [0.1, 0.15) is 63.0 Å². The molecule has 1 fully saturated rings. The molecule has 0 aromatic carbocycles. The Hall–Kier alpha value is -1.49. The number of carbonyl (C=O) groups excluding carboxylic acids is 1. The highest BCUT2D eigenvalue weighted by molar-refractivity contribution is 5.75. The lowest BCUT2D eigenvalue weighted by atomic mass is 10.1. The van der Waals surface area contributed by atoms with E-state index in [0.717, 1.165) is 50.2 Å². The Labute approximate surface area is 132 Å². The minimum Gasteiger partial charge on any atom is -0.464 e. The minimum absolute atomic E-state index is 0.0219. The molecule has 0 saturated carbocycles. The van der Waals surface area contributed by atoms with E-state index in [9.17, 15) is 4.79 Å². The lowest BCUT2D eigenvalue weighted by molar-refractivity contribution is 0.161. The highest BCUT2D eigenvalue weighted by atomic mass is 16.3. The van der Waals surface area contributed by atoms with Gasteiger partial charge in [0.1, 0.15) is 11.5 Å². The van der Waals surface area contributed by atoms with Crippen molar-refractivity contribution in [3.8, 4) is 0 Å². The molecule has 1 aromatic rings. The van der Waals surface area contributed by atoms with Crippen molar-refractivity contribution in [3.05, 3.63) is 23.7 Å². The number of nitrogens with one attached hydrogen (secondary N) is 1. The standard InChI is InChI=1S/C17H28N2O3/c1-13(7-6-12-20)18-17(21)19-11-5-3-4-8-15(19)16-10-9-14(2)22-16/h9-10,13,15,20H,3-8,11-12H2,1-2H3,(H,18,21). The predicted octanol–water partition coefficient (Wildman–Crippen LogP) is 3.38. The quantitative estimate of drug-likeness (QED) is 0.876. The fourth-order valence-electron chi connectivity index (χ4n) is 3.04. The van der Waals surface area contributed by atoms with Crippen LogP contribution in [0.25, 0.3) is 0 Å². The van der Waals surface area contributed by atoms with Crippen LogP contribution in [-0.4, -0.2) is 35.2 Å². The van der Waals surface area contributed by atoms with Gasteiger partial charge in [0.05, 0.1) is 6.04 Å². The van der Waals surface area contributed by atoms with Gasteiger partial charge in [-0.2, -0.15) is 0 Å². The number of hydrogen-bond donors (Lipinski definition) is 2. The molecule has 2 heterocycles. The van der Waals surface area contributed by atoms with Crippen molar-refractivity contribution in [2.24, 2.45) is 0 Å². The average Bonchev–Trinajstić information content (AvgIpc) is 2.77. The number of aryl methyl sites for hydroxylation is 1. The van der Waals surface area contributed by atoms with Gasteiger partial charge in [0.2, 0.25) is 0 Å². The number of hydrogen-bond acceptors (Lipinski definition) is 3. The van der Waals surface area contributed by atoms with Gasteiger partial charge in [-0.1, -0.05) is 12.8 Å². The zero-order valence-electron chi connectivity index (χ0n) is 13.7. The van der Waals surface area contributed by atoms with E-state index in [1.165, 1.54) is 0 Å². The van der Waals surface area contributed by atoms with Gasteiger partial charge < -0.3 is 19.7 Å². The summed E-state index contributed by atoms with van der Waals surface area (Å²) in [5, 5.41) is 11.9. The first-order valence-corrected chi connectivity index (χ1v) is 8.36. The zero-order valence-corrected chi connectivity index (χ0v) is 13.7. The van der Waals surface area contributed by atoms with Crippen LogP contribution < -0.4 is 5.32 Å². The van der Waals surface area contributed by atoms with E-state index in [-0.39, 0.29) is 24.7 Å². The number of nitrogens with zero attached hydrogens (tertiary/aromatic N) is 1. The molecular weight excluding hydrogens is 280 g/mol. The number of amides is 2. The van der Waals surface area contributed by atoms with E-state index < -0.39 is 0 Å². The minimum atomic E-state index is -0.0219. The summed E-state index contributed by atoms with van der Waals surface area (Å²) in [6, 6.07) is 4.02. The molecule has 5 nitrogen and oxygen atoms in total. The Morgan fingerprint density at radius 3 is 2.95 bits per heavy atom. The van der Waals surface area contributed by atoms with Crippen LogP contribution >= 0.6 is 0 Å². The average molecular weight is 308 g/mol. The zero-order chi connectivity index (χ0) is 15.9. The third kappa shape index (κ3) is 4.50. The number of likely N-dealkylation sites (tertiary alicyclic amines) is 1. The monoisotopic (exact) mass is 308 g/mol. The second kappa shape index (κ2) is 8.22. The summed E-state index contributed by atoms with van der Waals surface area (Å²) in [5.74, 6) is 1.77. The predicted molar refractivity (Wildman–Crippen MR) is 85.7 cm³/mol. The van der Waals surface area contributed by atoms with Crippen molar-refractivity contribution in [2.45, 2.75) is 64.5 Å². The van der Waals surface area contributed by atoms with Crippen LogP contribution in [0, 0.1) is 6.92 Å². The lowest BCUT2D eigenvalue weighted by Gasteiger charge is -2.30. The van der Waals surface area contributed by atoms with E-state index in [4.69, 9.17) is 9.52 Å². The summed E-state index contributed by atoms with van der Waals surface area (Å²) in [4.78, 5) is 14.5. The molecule has 0 radical (unpaired) electrons. The molecule has 1 aromatic heterocycles. The topological polar surface area (TPSA) is 65.7 Å². The van der Waals surface area contributed by atoms with E-state index in [1.807, 2.05) is 30.9 Å². The second-order valence-electron chi connectivity index (χ2n) is 6.22. The maximum Gasteiger partial charge on any atom is 0.318 e. The number of aliphatic hydroxyl groups is 1. The van der Waals surface area contributed by atoms with Crippen molar-refractivity contribution >= 4 is 6.03 Å². The first-order valence-electron chi connectivity index (χ1n) is 8.36. The third-order valence-electron chi connectivity index (χ3n) is 4.27. The van der Waals surface area contributed by atoms with Gasteiger partial charge in [-0.15, -0.1) is 0 Å². The first-order chi connectivity index (χ1) is 10.6. The van der Waals surface area contributed by atoms with Crippen LogP contribution in [0.4, 0.5) is 4.79 Å². The van der Waals surface area contributed by atoms with Crippen LogP contribution in [0.5, 0.6) is 0 Å². The lowest BCUT2D eigenvalue weighted by Crippen LogP contribution is -2.45. The second-order valence-corrected chi connectivity index (χ2v) is 6.22. The molecular formula is C17H28N2O3. The number of aliphatic hydroxyl groups excluding tert-OH is 1. The molecule has 0 bridgehead atoms. The van der Waals surface area contributed by atoms with Gasteiger partial charge in [-0.3, -0.25) is 0 Å². The maximum absolute atomic E-state index is 12.6. The van der Waals surface area contributed by atoms with Crippen molar-refractivity contribution in [1.29, 1.82) is 0 Å². The van der Waals surface area contributed by atoms with Crippen molar-refractivity contribution < 1.29 is 14.3 Å². The van der Waals surface area contributed by atoms with Crippen molar-refractivity contribution in [2.75, 3.05) is 13.2 Å². The highest BCUT2D eigenvalue weighted by Crippen LogP contribution is 2.31. The van der Waals surface area contributed by atoms with E-state index >= 15 is 0 Å². The van der Waals surface area contributed by atoms with Crippen LogP contribution in [0.3, 0.4) is 0 Å². The van der Waals surface area contributed by atoms with Gasteiger partial charge in [0, 0.05) is 19.2 Å². The molecule has 124 valence electrons. The Balaban J connectivity index is 2.04. The Morgan fingerprint density at radius 2 is 2.27 bits per heavy atom. The summed E-state index contributed by atoms with van der Waals surface area (Å²) in [5.41, 5.74) is 0. The summed E-state index contributed by atoms with van der Waals surface area (Å²) < 4.78 is 5.77. The highest BCUT2D eigenvalue weighted by Gasteiger charge is 2.29. The van der Waals surface area contributed by atoms with E-state index in [2.05, 4.69) is 5.32 Å². The molecule has 2 atom stereocenters. The Morgan fingerprint density at radius 1 is 1.45 bits per heavy atom. The molecule has 1 aliphatic rings. The fraction of sp³-hybridized carbons (Fsp3) is 0.706. The molecule has 1 saturated heterocycles. The van der Waals surface area contributed by atoms with Crippen LogP contribution in [0.2, 0.25) is 0 Å². The first kappa shape index (κ1) is 16.9. The van der Waals surface area contributed by atoms with Gasteiger partial charge in [-0.25, -0.2) is 4.79 Å².